The third-order valence-corrected chi connectivity index (χ3v) is 6.06. The van der Waals surface area contributed by atoms with E-state index in [9.17, 15) is 23.3 Å². The Morgan fingerprint density at radius 1 is 1.32 bits per heavy atom. The van der Waals surface area contributed by atoms with Crippen molar-refractivity contribution in [1.82, 2.24) is 4.31 Å². The number of carboxylic acid groups (broad SMARTS) is 1. The fourth-order valence-corrected chi connectivity index (χ4v) is 4.31. The van der Waals surface area contributed by atoms with Gasteiger partial charge in [0.2, 0.25) is 10.0 Å². The average molecular weight is 371 g/mol. The highest BCUT2D eigenvalue weighted by molar-refractivity contribution is 7.89. The van der Waals surface area contributed by atoms with E-state index in [1.165, 1.54) is 28.4 Å². The normalized spacial score (nSPS) is 15.7. The van der Waals surface area contributed by atoms with Crippen LogP contribution in [0.5, 0.6) is 0 Å². The van der Waals surface area contributed by atoms with E-state index in [4.69, 9.17) is 5.11 Å². The minimum atomic E-state index is -3.77. The van der Waals surface area contributed by atoms with Crippen LogP contribution in [0.1, 0.15) is 25.7 Å². The molecule has 2 rings (SSSR count). The smallest absolute Gasteiger partial charge is 0.305 e. The van der Waals surface area contributed by atoms with Gasteiger partial charge in [0.1, 0.15) is 5.69 Å². The van der Waals surface area contributed by atoms with Crippen molar-refractivity contribution in [3.63, 3.8) is 0 Å². The van der Waals surface area contributed by atoms with Crippen LogP contribution in [0.2, 0.25) is 0 Å². The molecule has 0 amide bonds. The summed E-state index contributed by atoms with van der Waals surface area (Å²) in [5, 5.41) is 20.1. The number of carbonyl (C=O) groups is 1. The van der Waals surface area contributed by atoms with Gasteiger partial charge < -0.3 is 10.0 Å². The highest BCUT2D eigenvalue weighted by Gasteiger charge is 2.29. The first-order valence-electron chi connectivity index (χ1n) is 7.95. The number of rotatable bonds is 7. The standard InChI is InChI=1S/C15H21N3O6S/c1-16(10-7-15(19)20)13-6-5-12(11-14(13)18(21)22)25(23,24)17-8-3-2-4-9-17/h5-6,11H,2-4,7-10H2,1H3,(H,19,20). The Morgan fingerprint density at radius 2 is 1.96 bits per heavy atom. The molecule has 1 fully saturated rings. The summed E-state index contributed by atoms with van der Waals surface area (Å²) in [5.41, 5.74) is -0.171. The van der Waals surface area contributed by atoms with E-state index >= 15 is 0 Å². The molecular formula is C15H21N3O6S. The van der Waals surface area contributed by atoms with Crippen LogP contribution in [0.15, 0.2) is 23.1 Å². The summed E-state index contributed by atoms with van der Waals surface area (Å²) in [6.45, 7) is 0.904. The molecule has 1 aliphatic rings. The molecule has 0 unspecified atom stereocenters. The fraction of sp³-hybridized carbons (Fsp3) is 0.533. The van der Waals surface area contributed by atoms with E-state index in [1.54, 1.807) is 0 Å². The summed E-state index contributed by atoms with van der Waals surface area (Å²) in [6, 6.07) is 3.75. The SMILES string of the molecule is CN(CCC(=O)O)c1ccc(S(=O)(=O)N2CCCCC2)cc1[N+](=O)[O-]. The molecule has 0 bridgehead atoms. The summed E-state index contributed by atoms with van der Waals surface area (Å²) in [4.78, 5) is 22.7. The number of anilines is 1. The number of nitrogens with zero attached hydrogens (tertiary/aromatic N) is 3. The predicted molar refractivity (Wildman–Crippen MR) is 91.2 cm³/mol. The van der Waals surface area contributed by atoms with Gasteiger partial charge in [-0.2, -0.15) is 4.31 Å². The molecule has 10 heteroatoms. The molecule has 25 heavy (non-hydrogen) atoms. The zero-order chi connectivity index (χ0) is 18.6. The second kappa shape index (κ2) is 7.79. The number of nitro groups is 1. The number of carboxylic acids is 1. The monoisotopic (exact) mass is 371 g/mol. The molecule has 0 radical (unpaired) electrons. The molecule has 1 aliphatic heterocycles. The zero-order valence-corrected chi connectivity index (χ0v) is 14.7. The highest BCUT2D eigenvalue weighted by atomic mass is 32.2. The van der Waals surface area contributed by atoms with Gasteiger partial charge in [-0.1, -0.05) is 6.42 Å². The maximum atomic E-state index is 12.7. The van der Waals surface area contributed by atoms with Crippen molar-refractivity contribution in [2.75, 3.05) is 31.6 Å². The number of nitro benzene ring substituents is 1. The summed E-state index contributed by atoms with van der Waals surface area (Å²) < 4.78 is 26.7. The van der Waals surface area contributed by atoms with Gasteiger partial charge in [0.15, 0.2) is 0 Å². The number of aliphatic carboxylic acids is 1. The lowest BCUT2D eigenvalue weighted by atomic mass is 10.2. The highest BCUT2D eigenvalue weighted by Crippen LogP contribution is 2.32. The molecular weight excluding hydrogens is 350 g/mol. The number of benzene rings is 1. The summed E-state index contributed by atoms with van der Waals surface area (Å²) >= 11 is 0. The van der Waals surface area contributed by atoms with Crippen molar-refractivity contribution in [1.29, 1.82) is 0 Å². The van der Waals surface area contributed by atoms with Crippen LogP contribution < -0.4 is 4.90 Å². The minimum absolute atomic E-state index is 0.0778. The molecule has 1 heterocycles. The van der Waals surface area contributed by atoms with Gasteiger partial charge in [-0.05, 0) is 25.0 Å². The first kappa shape index (κ1) is 19.1. The number of sulfonamides is 1. The zero-order valence-electron chi connectivity index (χ0n) is 13.9. The van der Waals surface area contributed by atoms with Crippen LogP contribution in [0, 0.1) is 10.1 Å². The van der Waals surface area contributed by atoms with Crippen molar-refractivity contribution in [3.05, 3.63) is 28.3 Å². The molecule has 9 nitrogen and oxygen atoms in total. The van der Waals surface area contributed by atoms with E-state index in [0.29, 0.717) is 13.1 Å². The van der Waals surface area contributed by atoms with Crippen molar-refractivity contribution >= 4 is 27.4 Å². The second-order valence-electron chi connectivity index (χ2n) is 5.94. The third kappa shape index (κ3) is 4.45. The maximum absolute atomic E-state index is 12.7. The van der Waals surface area contributed by atoms with Crippen LogP contribution >= 0.6 is 0 Å². The van der Waals surface area contributed by atoms with E-state index in [0.717, 1.165) is 25.3 Å². The van der Waals surface area contributed by atoms with Crippen LogP contribution in [0.4, 0.5) is 11.4 Å². The topological polar surface area (TPSA) is 121 Å². The average Bonchev–Trinajstić information content (AvgIpc) is 2.59. The maximum Gasteiger partial charge on any atom is 0.305 e. The molecule has 0 aliphatic carbocycles. The molecule has 1 saturated heterocycles. The van der Waals surface area contributed by atoms with E-state index < -0.39 is 20.9 Å². The van der Waals surface area contributed by atoms with Crippen LogP contribution in [-0.2, 0) is 14.8 Å². The Bertz CT molecular complexity index is 759. The third-order valence-electron chi connectivity index (χ3n) is 4.17. The lowest BCUT2D eigenvalue weighted by Gasteiger charge is -2.26. The Kier molecular flexibility index (Phi) is 5.96. The van der Waals surface area contributed by atoms with E-state index in [2.05, 4.69) is 0 Å². The lowest BCUT2D eigenvalue weighted by molar-refractivity contribution is -0.384. The quantitative estimate of drug-likeness (QED) is 0.571. The Labute approximate surface area is 146 Å². The van der Waals surface area contributed by atoms with Crippen LogP contribution in [-0.4, -0.2) is 55.4 Å². The largest absolute Gasteiger partial charge is 0.481 e. The van der Waals surface area contributed by atoms with Gasteiger partial charge in [-0.25, -0.2) is 8.42 Å². The van der Waals surface area contributed by atoms with Crippen LogP contribution in [0.3, 0.4) is 0 Å². The summed E-state index contributed by atoms with van der Waals surface area (Å²) in [5.74, 6) is -1.02. The van der Waals surface area contributed by atoms with Crippen LogP contribution in [0.25, 0.3) is 0 Å². The van der Waals surface area contributed by atoms with E-state index in [-0.39, 0.29) is 29.2 Å². The Balaban J connectivity index is 2.34. The van der Waals surface area contributed by atoms with Crippen molar-refractivity contribution < 1.29 is 23.2 Å². The number of piperidine rings is 1. The minimum Gasteiger partial charge on any atom is -0.481 e. The van der Waals surface area contributed by atoms with Gasteiger partial charge in [-0.3, -0.25) is 14.9 Å². The van der Waals surface area contributed by atoms with Crippen molar-refractivity contribution in [3.8, 4) is 0 Å². The van der Waals surface area contributed by atoms with Gasteiger partial charge in [0, 0.05) is 32.7 Å². The van der Waals surface area contributed by atoms with Crippen molar-refractivity contribution in [2.24, 2.45) is 0 Å². The molecule has 0 atom stereocenters. The first-order chi connectivity index (χ1) is 11.7. The fourth-order valence-electron chi connectivity index (χ4n) is 2.77. The number of hydrogen-bond donors (Lipinski definition) is 1. The molecule has 0 aromatic heterocycles. The second-order valence-corrected chi connectivity index (χ2v) is 7.88. The molecule has 0 spiro atoms. The van der Waals surface area contributed by atoms with Gasteiger partial charge >= 0.3 is 5.97 Å². The molecule has 1 N–H and O–H groups in total. The Hall–Kier alpha value is -2.20. The van der Waals surface area contributed by atoms with E-state index in [1.807, 2.05) is 0 Å². The van der Waals surface area contributed by atoms with Gasteiger partial charge in [0.05, 0.1) is 16.2 Å². The Morgan fingerprint density at radius 3 is 2.52 bits per heavy atom. The van der Waals surface area contributed by atoms with Crippen molar-refractivity contribution in [2.45, 2.75) is 30.6 Å². The molecule has 1 aromatic rings. The molecule has 0 saturated carbocycles. The number of hydrogen-bond acceptors (Lipinski definition) is 6. The first-order valence-corrected chi connectivity index (χ1v) is 9.39. The lowest BCUT2D eigenvalue weighted by Crippen LogP contribution is -2.35. The predicted octanol–water partition coefficient (Wildman–Crippen LogP) is 1.68. The summed E-state index contributed by atoms with van der Waals surface area (Å²) in [7, 11) is -2.24. The molecule has 1 aromatic carbocycles. The summed E-state index contributed by atoms with van der Waals surface area (Å²) in [6.07, 6.45) is 2.34. The van der Waals surface area contributed by atoms with Gasteiger partial charge in [-0.15, -0.1) is 0 Å². The van der Waals surface area contributed by atoms with Gasteiger partial charge in [0.25, 0.3) is 5.69 Å². The molecule has 138 valence electrons.